The predicted molar refractivity (Wildman–Crippen MR) is 97.8 cm³/mol. The van der Waals surface area contributed by atoms with Crippen LogP contribution in [-0.2, 0) is 5.41 Å². The van der Waals surface area contributed by atoms with Gasteiger partial charge in [-0.05, 0) is 44.7 Å². The van der Waals surface area contributed by atoms with Gasteiger partial charge in [-0.1, -0.05) is 20.8 Å². The van der Waals surface area contributed by atoms with E-state index in [-0.39, 0.29) is 23.7 Å². The summed E-state index contributed by atoms with van der Waals surface area (Å²) in [6.45, 7) is 12.5. The zero-order chi connectivity index (χ0) is 15.9. The van der Waals surface area contributed by atoms with Crippen LogP contribution in [0.3, 0.4) is 0 Å². The second-order valence-electron chi connectivity index (χ2n) is 7.73. The molecule has 0 aliphatic carbocycles. The Labute approximate surface area is 149 Å². The molecule has 2 saturated heterocycles. The van der Waals surface area contributed by atoms with Gasteiger partial charge >= 0.3 is 0 Å². The van der Waals surface area contributed by atoms with E-state index in [2.05, 4.69) is 36.0 Å². The second kappa shape index (κ2) is 7.08. The molecular formula is C17H28ClN3OS. The lowest BCUT2D eigenvalue weighted by molar-refractivity contribution is 0.0762. The first-order valence-corrected chi connectivity index (χ1v) is 9.16. The second-order valence-corrected chi connectivity index (χ2v) is 8.73. The lowest BCUT2D eigenvalue weighted by Gasteiger charge is -2.20. The van der Waals surface area contributed by atoms with Crippen molar-refractivity contribution in [3.8, 4) is 0 Å². The molecule has 6 heteroatoms. The maximum Gasteiger partial charge on any atom is 0.265 e. The number of nitrogens with one attached hydrogen (secondary N) is 1. The Kier molecular flexibility index (Phi) is 5.75. The van der Waals surface area contributed by atoms with Gasteiger partial charge in [-0.3, -0.25) is 4.79 Å². The highest BCUT2D eigenvalue weighted by atomic mass is 35.5. The van der Waals surface area contributed by atoms with Crippen molar-refractivity contribution in [3.63, 3.8) is 0 Å². The number of nitrogens with zero attached hydrogens (tertiary/aromatic N) is 2. The van der Waals surface area contributed by atoms with Crippen molar-refractivity contribution < 1.29 is 4.79 Å². The number of hydrogen-bond donors (Lipinski definition) is 1. The topological polar surface area (TPSA) is 45.2 Å². The number of likely N-dealkylation sites (tertiary alicyclic amines) is 1. The van der Waals surface area contributed by atoms with E-state index in [0.29, 0.717) is 0 Å². The average Bonchev–Trinajstić information content (AvgIpc) is 3.00. The standard InChI is InChI=1S/C17H27N3OS.ClH/c1-11-14(22-16(19-11)17(2,3)4)15(21)20-7-5-12-9-18-10-13(12)6-8-20;/h12-13,18H,5-10H2,1-4H3;1H/t12-,13+;. The first-order chi connectivity index (χ1) is 10.4. The fourth-order valence-corrected chi connectivity index (χ4v) is 4.57. The normalized spacial score (nSPS) is 24.8. The summed E-state index contributed by atoms with van der Waals surface area (Å²) in [6.07, 6.45) is 2.26. The highest BCUT2D eigenvalue weighted by Gasteiger charge is 2.33. The number of thiazole rings is 1. The molecule has 4 nitrogen and oxygen atoms in total. The highest BCUT2D eigenvalue weighted by molar-refractivity contribution is 7.14. The molecule has 1 N–H and O–H groups in total. The molecule has 3 rings (SSSR count). The predicted octanol–water partition coefficient (Wildman–Crippen LogP) is 3.24. The van der Waals surface area contributed by atoms with Crippen molar-refractivity contribution in [3.05, 3.63) is 15.6 Å². The van der Waals surface area contributed by atoms with Crippen LogP contribution in [0.2, 0.25) is 0 Å². The molecule has 0 bridgehead atoms. The fraction of sp³-hybridized carbons (Fsp3) is 0.765. The monoisotopic (exact) mass is 357 g/mol. The minimum atomic E-state index is 0. The minimum absolute atomic E-state index is 0. The van der Waals surface area contributed by atoms with E-state index in [1.165, 1.54) is 0 Å². The maximum atomic E-state index is 12.9. The Balaban J connectivity index is 0.00000192. The van der Waals surface area contributed by atoms with E-state index >= 15 is 0 Å². The van der Waals surface area contributed by atoms with E-state index < -0.39 is 0 Å². The number of hydrogen-bond acceptors (Lipinski definition) is 4. The molecule has 2 aliphatic rings. The van der Waals surface area contributed by atoms with Crippen LogP contribution < -0.4 is 5.32 Å². The minimum Gasteiger partial charge on any atom is -0.338 e. The van der Waals surface area contributed by atoms with E-state index in [1.807, 2.05) is 6.92 Å². The third kappa shape index (κ3) is 3.89. The molecule has 1 amide bonds. The molecule has 1 aromatic rings. The summed E-state index contributed by atoms with van der Waals surface area (Å²) in [7, 11) is 0. The lowest BCUT2D eigenvalue weighted by atomic mass is 9.92. The first kappa shape index (κ1) is 18.7. The quantitative estimate of drug-likeness (QED) is 0.839. The molecule has 0 radical (unpaired) electrons. The van der Waals surface area contributed by atoms with Crippen LogP contribution in [0.15, 0.2) is 0 Å². The van der Waals surface area contributed by atoms with Gasteiger partial charge in [0, 0.05) is 18.5 Å². The number of amides is 1. The highest BCUT2D eigenvalue weighted by Crippen LogP contribution is 2.32. The van der Waals surface area contributed by atoms with Gasteiger partial charge in [0.05, 0.1) is 10.7 Å². The van der Waals surface area contributed by atoms with Gasteiger partial charge in [0.1, 0.15) is 4.88 Å². The molecule has 130 valence electrons. The smallest absolute Gasteiger partial charge is 0.265 e. The van der Waals surface area contributed by atoms with Gasteiger partial charge < -0.3 is 10.2 Å². The summed E-state index contributed by atoms with van der Waals surface area (Å²) in [6, 6.07) is 0. The van der Waals surface area contributed by atoms with Gasteiger partial charge in [0.15, 0.2) is 0 Å². The third-order valence-corrected chi connectivity index (χ3v) is 6.51. The zero-order valence-electron chi connectivity index (χ0n) is 14.5. The number of halogens is 1. The van der Waals surface area contributed by atoms with Crippen molar-refractivity contribution >= 4 is 29.7 Å². The van der Waals surface area contributed by atoms with Crippen molar-refractivity contribution in [2.45, 2.75) is 46.0 Å². The van der Waals surface area contributed by atoms with Crippen LogP contribution in [0.1, 0.15) is 54.0 Å². The Morgan fingerprint density at radius 2 is 1.78 bits per heavy atom. The molecule has 0 aromatic carbocycles. The molecule has 2 fully saturated rings. The number of fused-ring (bicyclic) bond motifs is 1. The molecule has 0 unspecified atom stereocenters. The van der Waals surface area contributed by atoms with Gasteiger partial charge in [0.2, 0.25) is 0 Å². The number of rotatable bonds is 1. The maximum absolute atomic E-state index is 12.9. The fourth-order valence-electron chi connectivity index (χ4n) is 3.48. The van der Waals surface area contributed by atoms with Crippen molar-refractivity contribution in [1.82, 2.24) is 15.2 Å². The van der Waals surface area contributed by atoms with Gasteiger partial charge in [-0.2, -0.15) is 0 Å². The summed E-state index contributed by atoms with van der Waals surface area (Å²) in [5.41, 5.74) is 0.904. The van der Waals surface area contributed by atoms with Crippen LogP contribution in [0.5, 0.6) is 0 Å². The molecule has 1 aromatic heterocycles. The largest absolute Gasteiger partial charge is 0.338 e. The summed E-state index contributed by atoms with van der Waals surface area (Å²) in [4.78, 5) is 20.5. The van der Waals surface area contributed by atoms with Crippen LogP contribution in [-0.4, -0.2) is 42.0 Å². The van der Waals surface area contributed by atoms with Crippen LogP contribution in [0, 0.1) is 18.8 Å². The van der Waals surface area contributed by atoms with Gasteiger partial charge in [0.25, 0.3) is 5.91 Å². The number of aromatic nitrogens is 1. The van der Waals surface area contributed by atoms with Gasteiger partial charge in [-0.15, -0.1) is 23.7 Å². The molecule has 2 aliphatic heterocycles. The summed E-state index contributed by atoms with van der Waals surface area (Å²) >= 11 is 1.58. The molecule has 2 atom stereocenters. The molecule has 3 heterocycles. The van der Waals surface area contributed by atoms with Crippen LogP contribution in [0.25, 0.3) is 0 Å². The first-order valence-electron chi connectivity index (χ1n) is 8.34. The third-order valence-electron chi connectivity index (χ3n) is 4.94. The van der Waals surface area contributed by atoms with E-state index in [1.54, 1.807) is 11.3 Å². The summed E-state index contributed by atoms with van der Waals surface area (Å²) in [5, 5.41) is 4.54. The zero-order valence-corrected chi connectivity index (χ0v) is 16.1. The molecule has 0 spiro atoms. The number of aryl methyl sites for hydroxylation is 1. The van der Waals surface area contributed by atoms with E-state index in [9.17, 15) is 4.79 Å². The summed E-state index contributed by atoms with van der Waals surface area (Å²) < 4.78 is 0. The average molecular weight is 358 g/mol. The van der Waals surface area contributed by atoms with E-state index in [0.717, 1.165) is 66.4 Å². The number of carbonyl (C=O) groups is 1. The van der Waals surface area contributed by atoms with Crippen LogP contribution in [0.4, 0.5) is 0 Å². The number of carbonyl (C=O) groups excluding carboxylic acids is 1. The Morgan fingerprint density at radius 3 is 2.26 bits per heavy atom. The molecule has 0 saturated carbocycles. The Hall–Kier alpha value is -0.650. The SMILES string of the molecule is Cc1nc(C(C)(C)C)sc1C(=O)N1CC[C@@H]2CNC[C@@H]2CC1.Cl. The molecular weight excluding hydrogens is 330 g/mol. The lowest BCUT2D eigenvalue weighted by Crippen LogP contribution is -2.32. The van der Waals surface area contributed by atoms with Crippen molar-refractivity contribution in [2.24, 2.45) is 11.8 Å². The van der Waals surface area contributed by atoms with Crippen molar-refractivity contribution in [1.29, 1.82) is 0 Å². The Bertz CT molecular complexity index is 553. The van der Waals surface area contributed by atoms with Crippen molar-refractivity contribution in [2.75, 3.05) is 26.2 Å². The van der Waals surface area contributed by atoms with E-state index in [4.69, 9.17) is 0 Å². The summed E-state index contributed by atoms with van der Waals surface area (Å²) in [5.74, 6) is 1.70. The Morgan fingerprint density at radius 1 is 1.22 bits per heavy atom. The molecule has 23 heavy (non-hydrogen) atoms. The van der Waals surface area contributed by atoms with Gasteiger partial charge in [-0.25, -0.2) is 4.98 Å². The van der Waals surface area contributed by atoms with Crippen LogP contribution >= 0.6 is 23.7 Å².